The second-order valence-electron chi connectivity index (χ2n) is 7.02. The van der Waals surface area contributed by atoms with Crippen LogP contribution in [0.25, 0.3) is 5.65 Å². The number of carbonyl (C=O) groups is 1. The Morgan fingerprint density at radius 3 is 2.81 bits per heavy atom. The number of aromatic nitrogens is 5. The molecule has 1 aliphatic rings. The van der Waals surface area contributed by atoms with Crippen LogP contribution in [0.15, 0.2) is 30.9 Å². The van der Waals surface area contributed by atoms with Crippen LogP contribution in [-0.4, -0.2) is 30.3 Å². The van der Waals surface area contributed by atoms with Gasteiger partial charge in [-0.2, -0.15) is 10.2 Å². The Bertz CT molecular complexity index is 958. The zero-order chi connectivity index (χ0) is 19.0. The molecule has 1 fully saturated rings. The van der Waals surface area contributed by atoms with Crippen LogP contribution in [0.1, 0.15) is 61.1 Å². The highest BCUT2D eigenvalue weighted by Crippen LogP contribution is 2.34. The van der Waals surface area contributed by atoms with Gasteiger partial charge in [0.05, 0.1) is 17.9 Å². The standard InChI is InChI=1S/C18H20F2N6O/c1-11-3-5-12(6-4-11)26-10-14(15(24-26)16(19)20)23-18(27)13-9-22-25-8-2-7-21-17(13)25/h2,7-12,16H,3-6H2,1H3,(H,23,27). The Kier molecular flexibility index (Phi) is 4.59. The predicted octanol–water partition coefficient (Wildman–Crippen LogP) is 3.87. The summed E-state index contributed by atoms with van der Waals surface area (Å²) in [7, 11) is 0. The largest absolute Gasteiger partial charge is 0.319 e. The zero-order valence-electron chi connectivity index (χ0n) is 14.8. The van der Waals surface area contributed by atoms with Crippen LogP contribution < -0.4 is 5.32 Å². The summed E-state index contributed by atoms with van der Waals surface area (Å²) in [5.41, 5.74) is 0.202. The highest BCUT2D eigenvalue weighted by atomic mass is 19.3. The molecule has 0 aromatic carbocycles. The number of alkyl halides is 2. The minimum absolute atomic E-state index is 0.0314. The number of halogens is 2. The molecule has 7 nitrogen and oxygen atoms in total. The molecule has 3 aromatic rings. The molecule has 0 saturated heterocycles. The average Bonchev–Trinajstić information content (AvgIpc) is 3.26. The quantitative estimate of drug-likeness (QED) is 0.752. The fourth-order valence-electron chi connectivity index (χ4n) is 3.53. The first-order valence-electron chi connectivity index (χ1n) is 9.00. The van der Waals surface area contributed by atoms with Crippen molar-refractivity contribution >= 4 is 17.2 Å². The van der Waals surface area contributed by atoms with E-state index in [2.05, 4.69) is 27.4 Å². The van der Waals surface area contributed by atoms with Gasteiger partial charge < -0.3 is 5.32 Å². The number of carbonyl (C=O) groups excluding carboxylic acids is 1. The van der Waals surface area contributed by atoms with E-state index in [9.17, 15) is 13.6 Å². The van der Waals surface area contributed by atoms with Crippen LogP contribution in [0, 0.1) is 5.92 Å². The first-order chi connectivity index (χ1) is 13.0. The van der Waals surface area contributed by atoms with Crippen molar-refractivity contribution in [3.8, 4) is 0 Å². The van der Waals surface area contributed by atoms with Gasteiger partial charge in [-0.25, -0.2) is 18.3 Å². The van der Waals surface area contributed by atoms with E-state index in [1.807, 2.05) is 0 Å². The lowest BCUT2D eigenvalue weighted by atomic mass is 9.87. The van der Waals surface area contributed by atoms with Crippen molar-refractivity contribution in [3.63, 3.8) is 0 Å². The summed E-state index contributed by atoms with van der Waals surface area (Å²) < 4.78 is 30.0. The summed E-state index contributed by atoms with van der Waals surface area (Å²) in [6.45, 7) is 2.19. The van der Waals surface area contributed by atoms with Gasteiger partial charge in [0.1, 0.15) is 5.56 Å². The Labute approximate surface area is 154 Å². The maximum atomic E-state index is 13.5. The van der Waals surface area contributed by atoms with Crippen LogP contribution >= 0.6 is 0 Å². The average molecular weight is 374 g/mol. The van der Waals surface area contributed by atoms with E-state index in [4.69, 9.17) is 0 Å². The Hall–Kier alpha value is -2.84. The molecule has 9 heteroatoms. The third kappa shape index (κ3) is 3.41. The summed E-state index contributed by atoms with van der Waals surface area (Å²) in [6.07, 6.45) is 7.20. The van der Waals surface area contributed by atoms with E-state index in [1.165, 1.54) is 16.9 Å². The van der Waals surface area contributed by atoms with Gasteiger partial charge in [0.2, 0.25) is 0 Å². The fourth-order valence-corrected chi connectivity index (χ4v) is 3.53. The van der Waals surface area contributed by atoms with E-state index in [-0.39, 0.29) is 17.3 Å². The summed E-state index contributed by atoms with van der Waals surface area (Å²) in [4.78, 5) is 16.7. The van der Waals surface area contributed by atoms with Gasteiger partial charge in [-0.05, 0) is 37.7 Å². The van der Waals surface area contributed by atoms with Crippen molar-refractivity contribution in [1.29, 1.82) is 0 Å². The summed E-state index contributed by atoms with van der Waals surface area (Å²) >= 11 is 0. The van der Waals surface area contributed by atoms with Gasteiger partial charge >= 0.3 is 0 Å². The molecule has 0 atom stereocenters. The van der Waals surface area contributed by atoms with Gasteiger partial charge in [0, 0.05) is 18.6 Å². The van der Waals surface area contributed by atoms with Crippen molar-refractivity contribution < 1.29 is 13.6 Å². The predicted molar refractivity (Wildman–Crippen MR) is 94.8 cm³/mol. The van der Waals surface area contributed by atoms with Gasteiger partial charge in [-0.3, -0.25) is 9.48 Å². The van der Waals surface area contributed by atoms with Gasteiger partial charge in [0.15, 0.2) is 11.3 Å². The molecule has 0 spiro atoms. The molecule has 3 heterocycles. The molecule has 27 heavy (non-hydrogen) atoms. The molecule has 1 aliphatic carbocycles. The summed E-state index contributed by atoms with van der Waals surface area (Å²) in [5, 5.41) is 10.7. The highest BCUT2D eigenvalue weighted by Gasteiger charge is 2.26. The topological polar surface area (TPSA) is 77.1 Å². The molecule has 0 radical (unpaired) electrons. The third-order valence-electron chi connectivity index (χ3n) is 5.10. The van der Waals surface area contributed by atoms with Crippen molar-refractivity contribution in [3.05, 3.63) is 42.1 Å². The lowest BCUT2D eigenvalue weighted by Gasteiger charge is -2.26. The van der Waals surface area contributed by atoms with Crippen molar-refractivity contribution in [1.82, 2.24) is 24.4 Å². The molecular formula is C18H20F2N6O. The number of hydrogen-bond acceptors (Lipinski definition) is 4. The monoisotopic (exact) mass is 374 g/mol. The molecule has 3 aromatic heterocycles. The number of nitrogens with one attached hydrogen (secondary N) is 1. The lowest BCUT2D eigenvalue weighted by molar-refractivity contribution is 0.102. The van der Waals surface area contributed by atoms with Crippen LogP contribution in [0.5, 0.6) is 0 Å². The molecule has 1 N–H and O–H groups in total. The van der Waals surface area contributed by atoms with E-state index >= 15 is 0 Å². The van der Waals surface area contributed by atoms with Crippen LogP contribution in [0.3, 0.4) is 0 Å². The van der Waals surface area contributed by atoms with E-state index in [0.717, 1.165) is 25.7 Å². The maximum absolute atomic E-state index is 13.5. The van der Waals surface area contributed by atoms with Crippen molar-refractivity contribution in [2.45, 2.75) is 45.1 Å². The van der Waals surface area contributed by atoms with Crippen LogP contribution in [-0.2, 0) is 0 Å². The maximum Gasteiger partial charge on any atom is 0.284 e. The summed E-state index contributed by atoms with van der Waals surface area (Å²) in [6, 6.07) is 1.77. The minimum atomic E-state index is -2.77. The van der Waals surface area contributed by atoms with Crippen molar-refractivity contribution in [2.24, 2.45) is 5.92 Å². The van der Waals surface area contributed by atoms with E-state index < -0.39 is 18.0 Å². The van der Waals surface area contributed by atoms with Crippen molar-refractivity contribution in [2.75, 3.05) is 5.32 Å². The Morgan fingerprint density at radius 2 is 2.07 bits per heavy atom. The third-order valence-corrected chi connectivity index (χ3v) is 5.10. The first kappa shape index (κ1) is 17.6. The normalized spacial score (nSPS) is 20.3. The fraction of sp³-hybridized carbons (Fsp3) is 0.444. The van der Waals surface area contributed by atoms with E-state index in [0.29, 0.717) is 11.6 Å². The van der Waals surface area contributed by atoms with Gasteiger partial charge in [0.25, 0.3) is 12.3 Å². The Balaban J connectivity index is 1.60. The molecule has 1 saturated carbocycles. The molecule has 0 aliphatic heterocycles. The number of rotatable bonds is 4. The number of anilines is 1. The number of fused-ring (bicyclic) bond motifs is 1. The second-order valence-corrected chi connectivity index (χ2v) is 7.02. The molecule has 1 amide bonds. The van der Waals surface area contributed by atoms with Crippen LogP contribution in [0.2, 0.25) is 0 Å². The highest BCUT2D eigenvalue weighted by molar-refractivity contribution is 6.08. The zero-order valence-corrected chi connectivity index (χ0v) is 14.8. The minimum Gasteiger partial charge on any atom is -0.319 e. The number of amides is 1. The molecule has 0 bridgehead atoms. The van der Waals surface area contributed by atoms with E-state index in [1.54, 1.807) is 23.1 Å². The molecule has 4 rings (SSSR count). The Morgan fingerprint density at radius 1 is 1.30 bits per heavy atom. The molecule has 0 unspecified atom stereocenters. The molecular weight excluding hydrogens is 354 g/mol. The number of nitrogens with zero attached hydrogens (tertiary/aromatic N) is 5. The lowest BCUT2D eigenvalue weighted by Crippen LogP contribution is -2.17. The molecule has 142 valence electrons. The van der Waals surface area contributed by atoms with Gasteiger partial charge in [-0.15, -0.1) is 0 Å². The first-order valence-corrected chi connectivity index (χ1v) is 9.00. The number of hydrogen-bond donors (Lipinski definition) is 1. The van der Waals surface area contributed by atoms with Gasteiger partial charge in [-0.1, -0.05) is 6.92 Å². The second kappa shape index (κ2) is 7.05. The smallest absolute Gasteiger partial charge is 0.284 e. The van der Waals surface area contributed by atoms with Crippen LogP contribution in [0.4, 0.5) is 14.5 Å². The summed E-state index contributed by atoms with van der Waals surface area (Å²) in [5.74, 6) is 0.107. The SMILES string of the molecule is CC1CCC(n2cc(NC(=O)c3cnn4cccnc34)c(C(F)F)n2)CC1.